The molecule has 1 amide bonds. The number of esters is 1. The van der Waals surface area contributed by atoms with E-state index in [1.807, 2.05) is 12.1 Å². The molecular weight excluding hydrogens is 435 g/mol. The maximum atomic E-state index is 12.8. The highest BCUT2D eigenvalue weighted by Crippen LogP contribution is 2.26. The Labute approximate surface area is 184 Å². The Morgan fingerprint density at radius 1 is 1.14 bits per heavy atom. The lowest BCUT2D eigenvalue weighted by Crippen LogP contribution is -2.40. The molecule has 0 aromatic heterocycles. The molecule has 1 atom stereocenters. The molecule has 3 rings (SSSR count). The van der Waals surface area contributed by atoms with Gasteiger partial charge in [0.05, 0.1) is 23.6 Å². The van der Waals surface area contributed by atoms with E-state index in [2.05, 4.69) is 10.2 Å². The average Bonchev–Trinajstić information content (AvgIpc) is 2.71. The summed E-state index contributed by atoms with van der Waals surface area (Å²) in [6.07, 6.45) is 1.71. The van der Waals surface area contributed by atoms with Gasteiger partial charge in [0, 0.05) is 28.8 Å². The van der Waals surface area contributed by atoms with E-state index >= 15 is 0 Å². The van der Waals surface area contributed by atoms with Gasteiger partial charge in [-0.3, -0.25) is 9.69 Å². The van der Waals surface area contributed by atoms with E-state index in [4.69, 9.17) is 39.5 Å². The molecule has 1 fully saturated rings. The van der Waals surface area contributed by atoms with E-state index in [1.165, 1.54) is 13.2 Å². The summed E-state index contributed by atoms with van der Waals surface area (Å²) in [4.78, 5) is 26.8. The second kappa shape index (κ2) is 9.81. The molecule has 1 saturated heterocycles. The van der Waals surface area contributed by atoms with Crippen LogP contribution in [0.2, 0.25) is 15.1 Å². The van der Waals surface area contributed by atoms with E-state index in [0.717, 1.165) is 24.9 Å². The van der Waals surface area contributed by atoms with Crippen molar-refractivity contribution in [3.63, 3.8) is 0 Å². The zero-order valence-corrected chi connectivity index (χ0v) is 18.2. The second-order valence-electron chi connectivity index (χ2n) is 6.99. The number of ether oxygens (including phenoxy) is 1. The number of methoxy groups -OCH3 is 1. The Kier molecular flexibility index (Phi) is 7.41. The highest BCUT2D eigenvalue weighted by atomic mass is 35.5. The third kappa shape index (κ3) is 5.64. The van der Waals surface area contributed by atoms with Gasteiger partial charge in [0.2, 0.25) is 5.91 Å². The van der Waals surface area contributed by atoms with Crippen LogP contribution in [0.25, 0.3) is 0 Å². The van der Waals surface area contributed by atoms with Crippen molar-refractivity contribution in [2.24, 2.45) is 5.92 Å². The minimum absolute atomic E-state index is 0.0879. The van der Waals surface area contributed by atoms with Gasteiger partial charge in [-0.2, -0.15) is 0 Å². The summed E-state index contributed by atoms with van der Waals surface area (Å²) in [5.74, 6) is -0.795. The first-order chi connectivity index (χ1) is 13.9. The summed E-state index contributed by atoms with van der Waals surface area (Å²) in [5, 5.41) is 4.39. The zero-order chi connectivity index (χ0) is 21.0. The Balaban J connectivity index is 1.64. The van der Waals surface area contributed by atoms with Crippen LogP contribution in [0.4, 0.5) is 5.69 Å². The monoisotopic (exact) mass is 454 g/mol. The molecule has 0 bridgehead atoms. The number of benzene rings is 2. The zero-order valence-electron chi connectivity index (χ0n) is 15.9. The van der Waals surface area contributed by atoms with Crippen molar-refractivity contribution in [2.45, 2.75) is 19.4 Å². The van der Waals surface area contributed by atoms with E-state index < -0.39 is 5.97 Å². The molecule has 8 heteroatoms. The molecule has 2 aromatic rings. The van der Waals surface area contributed by atoms with Crippen molar-refractivity contribution in [1.82, 2.24) is 4.90 Å². The molecule has 1 aliphatic heterocycles. The first-order valence-corrected chi connectivity index (χ1v) is 10.4. The van der Waals surface area contributed by atoms with Gasteiger partial charge in [0.1, 0.15) is 0 Å². The molecule has 1 aliphatic rings. The lowest BCUT2D eigenvalue weighted by Gasteiger charge is -2.32. The van der Waals surface area contributed by atoms with Crippen LogP contribution in [0, 0.1) is 5.92 Å². The number of halogens is 3. The molecule has 0 aliphatic carbocycles. The van der Waals surface area contributed by atoms with Crippen molar-refractivity contribution < 1.29 is 14.3 Å². The van der Waals surface area contributed by atoms with E-state index in [0.29, 0.717) is 28.8 Å². The Morgan fingerprint density at radius 3 is 2.66 bits per heavy atom. The van der Waals surface area contributed by atoms with Crippen molar-refractivity contribution >= 4 is 52.4 Å². The Hall–Kier alpha value is -1.79. The summed E-state index contributed by atoms with van der Waals surface area (Å²) >= 11 is 18.3. The Bertz CT molecular complexity index is 920. The van der Waals surface area contributed by atoms with Crippen molar-refractivity contribution in [3.05, 3.63) is 62.6 Å². The summed E-state index contributed by atoms with van der Waals surface area (Å²) in [6.45, 7) is 2.19. The minimum atomic E-state index is -0.546. The smallest absolute Gasteiger partial charge is 0.339 e. The van der Waals surface area contributed by atoms with Crippen LogP contribution in [0.15, 0.2) is 36.4 Å². The van der Waals surface area contributed by atoms with Gasteiger partial charge < -0.3 is 10.1 Å². The standard InChI is InChI=1S/C21H21Cl3N2O3/c1-29-21(28)17-10-16(6-7-18(17)23)25-20(27)14-3-2-8-26(12-14)11-13-4-5-15(22)9-19(13)24/h4-7,9-10,14H,2-3,8,11-12H2,1H3,(H,25,27). The molecule has 2 aromatic carbocycles. The summed E-state index contributed by atoms with van der Waals surface area (Å²) in [6, 6.07) is 10.2. The van der Waals surface area contributed by atoms with Gasteiger partial charge in [-0.15, -0.1) is 0 Å². The number of carbonyl (C=O) groups is 2. The number of nitrogens with one attached hydrogen (secondary N) is 1. The number of anilines is 1. The SMILES string of the molecule is COC(=O)c1cc(NC(=O)C2CCCN(Cc3ccc(Cl)cc3Cl)C2)ccc1Cl. The molecule has 1 unspecified atom stereocenters. The third-order valence-corrected chi connectivity index (χ3v) is 5.84. The largest absolute Gasteiger partial charge is 0.465 e. The molecule has 154 valence electrons. The van der Waals surface area contributed by atoms with Gasteiger partial charge in [0.25, 0.3) is 0 Å². The number of nitrogens with zero attached hydrogens (tertiary/aromatic N) is 1. The van der Waals surface area contributed by atoms with Gasteiger partial charge in [0.15, 0.2) is 0 Å². The normalized spacial score (nSPS) is 17.0. The number of amides is 1. The number of carbonyl (C=O) groups excluding carboxylic acids is 2. The quantitative estimate of drug-likeness (QED) is 0.623. The molecule has 29 heavy (non-hydrogen) atoms. The molecular formula is C21H21Cl3N2O3. The summed E-state index contributed by atoms with van der Waals surface area (Å²) < 4.78 is 4.72. The predicted molar refractivity (Wildman–Crippen MR) is 116 cm³/mol. The fourth-order valence-electron chi connectivity index (χ4n) is 3.42. The molecule has 0 spiro atoms. The molecule has 0 saturated carbocycles. The van der Waals surface area contributed by atoms with Crippen LogP contribution >= 0.6 is 34.8 Å². The maximum absolute atomic E-state index is 12.8. The summed E-state index contributed by atoms with van der Waals surface area (Å²) in [7, 11) is 1.29. The van der Waals surface area contributed by atoms with E-state index in [1.54, 1.807) is 18.2 Å². The molecule has 5 nitrogen and oxygen atoms in total. The van der Waals surface area contributed by atoms with Gasteiger partial charge in [-0.1, -0.05) is 40.9 Å². The van der Waals surface area contributed by atoms with Crippen LogP contribution in [0.5, 0.6) is 0 Å². The number of likely N-dealkylation sites (tertiary alicyclic amines) is 1. The van der Waals surface area contributed by atoms with Crippen molar-refractivity contribution in [1.29, 1.82) is 0 Å². The Morgan fingerprint density at radius 2 is 1.93 bits per heavy atom. The molecule has 1 heterocycles. The van der Waals surface area contributed by atoms with E-state index in [-0.39, 0.29) is 22.4 Å². The van der Waals surface area contributed by atoms with Crippen LogP contribution < -0.4 is 5.32 Å². The number of hydrogen-bond donors (Lipinski definition) is 1. The molecule has 1 N–H and O–H groups in total. The maximum Gasteiger partial charge on any atom is 0.339 e. The minimum Gasteiger partial charge on any atom is -0.465 e. The average molecular weight is 456 g/mol. The third-order valence-electron chi connectivity index (χ3n) is 4.92. The second-order valence-corrected chi connectivity index (χ2v) is 8.24. The number of hydrogen-bond acceptors (Lipinski definition) is 4. The first kappa shape index (κ1) is 21.9. The lowest BCUT2D eigenvalue weighted by atomic mass is 9.96. The highest BCUT2D eigenvalue weighted by Gasteiger charge is 2.26. The van der Waals surface area contributed by atoms with Crippen LogP contribution in [-0.2, 0) is 16.1 Å². The first-order valence-electron chi connectivity index (χ1n) is 9.22. The lowest BCUT2D eigenvalue weighted by molar-refractivity contribution is -0.121. The predicted octanol–water partition coefficient (Wildman–Crippen LogP) is 5.28. The topological polar surface area (TPSA) is 58.6 Å². The van der Waals surface area contributed by atoms with Gasteiger partial charge >= 0.3 is 5.97 Å². The fraction of sp³-hybridized carbons (Fsp3) is 0.333. The van der Waals surface area contributed by atoms with Crippen molar-refractivity contribution in [2.75, 3.05) is 25.5 Å². The molecule has 0 radical (unpaired) electrons. The van der Waals surface area contributed by atoms with Gasteiger partial charge in [-0.25, -0.2) is 4.79 Å². The number of rotatable bonds is 5. The van der Waals surface area contributed by atoms with Crippen LogP contribution in [0.1, 0.15) is 28.8 Å². The summed E-state index contributed by atoms with van der Waals surface area (Å²) in [5.41, 5.74) is 1.71. The number of piperidine rings is 1. The fourth-order valence-corrected chi connectivity index (χ4v) is 4.08. The van der Waals surface area contributed by atoms with Gasteiger partial charge in [-0.05, 0) is 55.3 Å². The van der Waals surface area contributed by atoms with Crippen LogP contribution in [-0.4, -0.2) is 37.0 Å². The van der Waals surface area contributed by atoms with Crippen LogP contribution in [0.3, 0.4) is 0 Å². The van der Waals surface area contributed by atoms with Crippen molar-refractivity contribution in [3.8, 4) is 0 Å². The van der Waals surface area contributed by atoms with E-state index in [9.17, 15) is 9.59 Å². The highest BCUT2D eigenvalue weighted by molar-refractivity contribution is 6.35.